The van der Waals surface area contributed by atoms with Gasteiger partial charge in [0.2, 0.25) is 0 Å². The second kappa shape index (κ2) is 3.24. The molecule has 88 valence electrons. The van der Waals surface area contributed by atoms with Crippen molar-refractivity contribution in [1.82, 2.24) is 0 Å². The molecular weight excluding hydrogens is 232 g/mol. The van der Waals surface area contributed by atoms with Crippen molar-refractivity contribution in [3.63, 3.8) is 0 Å². The summed E-state index contributed by atoms with van der Waals surface area (Å²) >= 11 is 0. The van der Waals surface area contributed by atoms with Crippen LogP contribution in [-0.2, 0) is 6.42 Å². The Morgan fingerprint density at radius 3 is 2.67 bits per heavy atom. The number of benzene rings is 2. The molecule has 0 bridgehead atoms. The summed E-state index contributed by atoms with van der Waals surface area (Å²) in [4.78, 5) is 0. The van der Waals surface area contributed by atoms with E-state index >= 15 is 0 Å². The van der Waals surface area contributed by atoms with Crippen LogP contribution in [0, 0.1) is 0 Å². The second-order valence-electron chi connectivity index (χ2n) is 5.87. The van der Waals surface area contributed by atoms with E-state index in [1.165, 1.54) is 22.3 Å². The summed E-state index contributed by atoms with van der Waals surface area (Å²) in [6.07, 6.45) is 5.66. The summed E-state index contributed by atoms with van der Waals surface area (Å²) in [6.45, 7) is 4.95. The fraction of sp³-hybridized carbons (Fsp3) is 0.176. The largest absolute Gasteiger partial charge is 0.113 e. The summed E-state index contributed by atoms with van der Waals surface area (Å²) in [6, 6.07) is 13.9. The molecule has 0 saturated heterocycles. The molecule has 0 atom stereocenters. The molecule has 1 heteroatoms. The third-order valence-corrected chi connectivity index (χ3v) is 8.02. The van der Waals surface area contributed by atoms with Crippen molar-refractivity contribution in [3.8, 4) is 11.1 Å². The lowest BCUT2D eigenvalue weighted by molar-refractivity contribution is 1.32. The van der Waals surface area contributed by atoms with Crippen molar-refractivity contribution in [2.45, 2.75) is 19.5 Å². The summed E-state index contributed by atoms with van der Waals surface area (Å²) in [5.41, 5.74) is 5.93. The summed E-state index contributed by atoms with van der Waals surface area (Å²) < 4.78 is 0. The molecule has 0 N–H and O–H groups in total. The van der Waals surface area contributed by atoms with Crippen molar-refractivity contribution in [3.05, 3.63) is 53.6 Å². The Morgan fingerprint density at radius 2 is 1.78 bits per heavy atom. The average molecular weight is 248 g/mol. The van der Waals surface area contributed by atoms with Crippen molar-refractivity contribution in [2.75, 3.05) is 0 Å². The van der Waals surface area contributed by atoms with Crippen molar-refractivity contribution < 1.29 is 0 Å². The van der Waals surface area contributed by atoms with E-state index in [0.717, 1.165) is 6.42 Å². The van der Waals surface area contributed by atoms with E-state index in [9.17, 15) is 0 Å². The van der Waals surface area contributed by atoms with Gasteiger partial charge in [-0.1, -0.05) is 61.6 Å². The Kier molecular flexibility index (Phi) is 1.86. The first kappa shape index (κ1) is 10.3. The minimum atomic E-state index is -1.46. The highest BCUT2D eigenvalue weighted by atomic mass is 28.3. The lowest BCUT2D eigenvalue weighted by atomic mass is 10.0. The number of hydrogen-bond donors (Lipinski definition) is 0. The van der Waals surface area contributed by atoms with Crippen LogP contribution in [0.1, 0.15) is 11.1 Å². The third-order valence-electron chi connectivity index (χ3n) is 4.48. The normalized spacial score (nSPS) is 17.4. The molecule has 0 amide bonds. The highest BCUT2D eigenvalue weighted by Crippen LogP contribution is 2.32. The van der Waals surface area contributed by atoms with E-state index in [1.54, 1.807) is 10.4 Å². The van der Waals surface area contributed by atoms with Crippen LogP contribution in [0.2, 0.25) is 13.1 Å². The molecule has 1 heterocycles. The predicted molar refractivity (Wildman–Crippen MR) is 81.4 cm³/mol. The number of rotatable bonds is 0. The molecule has 0 fully saturated rings. The molecule has 2 aromatic carbocycles. The van der Waals surface area contributed by atoms with E-state index in [-0.39, 0.29) is 0 Å². The van der Waals surface area contributed by atoms with E-state index in [2.05, 4.69) is 61.6 Å². The van der Waals surface area contributed by atoms with Gasteiger partial charge in [0, 0.05) is 0 Å². The molecule has 1 aliphatic carbocycles. The van der Waals surface area contributed by atoms with Gasteiger partial charge in [-0.05, 0) is 39.0 Å². The molecule has 4 rings (SSSR count). The summed E-state index contributed by atoms with van der Waals surface area (Å²) in [7, 11) is -1.46. The van der Waals surface area contributed by atoms with Crippen LogP contribution < -0.4 is 10.4 Å². The summed E-state index contributed by atoms with van der Waals surface area (Å²) in [5.74, 6) is 0. The van der Waals surface area contributed by atoms with Crippen molar-refractivity contribution >= 4 is 24.5 Å². The Balaban J connectivity index is 2.09. The van der Waals surface area contributed by atoms with Gasteiger partial charge in [-0.2, -0.15) is 0 Å². The van der Waals surface area contributed by atoms with Gasteiger partial charge < -0.3 is 0 Å². The number of hydrogen-bond acceptors (Lipinski definition) is 0. The molecule has 0 nitrogen and oxygen atoms in total. The molecule has 0 aromatic heterocycles. The van der Waals surface area contributed by atoms with Crippen molar-refractivity contribution in [2.24, 2.45) is 0 Å². The highest BCUT2D eigenvalue weighted by molar-refractivity contribution is 7.03. The number of allylic oxidation sites excluding steroid dienone is 1. The van der Waals surface area contributed by atoms with E-state index in [0.29, 0.717) is 0 Å². The van der Waals surface area contributed by atoms with Crippen LogP contribution in [0.3, 0.4) is 0 Å². The SMILES string of the molecule is C[Si]1(C)c2ccccc2-c2cc3c(cc21)C=CC3. The minimum absolute atomic E-state index is 1.10. The van der Waals surface area contributed by atoms with Gasteiger partial charge in [-0.3, -0.25) is 0 Å². The lowest BCUT2D eigenvalue weighted by Crippen LogP contribution is -2.49. The smallest absolute Gasteiger partial charge is 0.0795 e. The molecule has 2 aliphatic rings. The molecule has 1 aliphatic heterocycles. The van der Waals surface area contributed by atoms with Crippen LogP contribution in [0.4, 0.5) is 0 Å². The van der Waals surface area contributed by atoms with Crippen molar-refractivity contribution in [1.29, 1.82) is 0 Å². The van der Waals surface area contributed by atoms with Gasteiger partial charge >= 0.3 is 0 Å². The first-order valence-corrected chi connectivity index (χ1v) is 9.62. The van der Waals surface area contributed by atoms with Gasteiger partial charge in [0.05, 0.1) is 0 Å². The molecular formula is C17H16Si. The zero-order chi connectivity index (χ0) is 12.3. The molecule has 0 spiro atoms. The fourth-order valence-electron chi connectivity index (χ4n) is 3.45. The third kappa shape index (κ3) is 1.15. The van der Waals surface area contributed by atoms with Gasteiger partial charge in [0.1, 0.15) is 8.07 Å². The first-order chi connectivity index (χ1) is 8.68. The summed E-state index contributed by atoms with van der Waals surface area (Å²) in [5, 5.41) is 3.22. The van der Waals surface area contributed by atoms with Gasteiger partial charge in [-0.15, -0.1) is 0 Å². The topological polar surface area (TPSA) is 0 Å². The van der Waals surface area contributed by atoms with Gasteiger partial charge in [0.15, 0.2) is 0 Å². The standard InChI is InChI=1S/C17H16Si/c1-18(2)16-9-4-3-8-14(16)15-10-12-6-5-7-13(12)11-17(15)18/h3-5,7-11H,6H2,1-2H3. The van der Waals surface area contributed by atoms with Crippen LogP contribution in [-0.4, -0.2) is 8.07 Å². The maximum absolute atomic E-state index is 2.47. The van der Waals surface area contributed by atoms with Crippen LogP contribution in [0.5, 0.6) is 0 Å². The lowest BCUT2D eigenvalue weighted by Gasteiger charge is -2.19. The molecule has 0 radical (unpaired) electrons. The minimum Gasteiger partial charge on any atom is -0.0795 e. The molecule has 0 saturated carbocycles. The van der Waals surface area contributed by atoms with Gasteiger partial charge in [0.25, 0.3) is 0 Å². The van der Waals surface area contributed by atoms with Crippen LogP contribution in [0.25, 0.3) is 17.2 Å². The maximum Gasteiger partial charge on any atom is 0.113 e. The monoisotopic (exact) mass is 248 g/mol. The molecule has 0 unspecified atom stereocenters. The Labute approximate surface area is 109 Å². The highest BCUT2D eigenvalue weighted by Gasteiger charge is 2.37. The van der Waals surface area contributed by atoms with Crippen LogP contribution in [0.15, 0.2) is 42.5 Å². The maximum atomic E-state index is 2.47. The first-order valence-electron chi connectivity index (χ1n) is 6.62. The van der Waals surface area contributed by atoms with Crippen LogP contribution >= 0.6 is 0 Å². The zero-order valence-corrected chi connectivity index (χ0v) is 11.8. The molecule has 18 heavy (non-hydrogen) atoms. The second-order valence-corrected chi connectivity index (χ2v) is 10.2. The molecule has 2 aromatic rings. The van der Waals surface area contributed by atoms with E-state index in [1.807, 2.05) is 0 Å². The van der Waals surface area contributed by atoms with E-state index < -0.39 is 8.07 Å². The Bertz CT molecular complexity index is 693. The fourth-order valence-corrected chi connectivity index (χ4v) is 6.54. The number of fused-ring (bicyclic) bond motifs is 4. The van der Waals surface area contributed by atoms with E-state index in [4.69, 9.17) is 0 Å². The Hall–Kier alpha value is -1.60. The Morgan fingerprint density at radius 1 is 0.944 bits per heavy atom. The van der Waals surface area contributed by atoms with Gasteiger partial charge in [-0.25, -0.2) is 0 Å². The zero-order valence-electron chi connectivity index (χ0n) is 10.8. The quantitative estimate of drug-likeness (QED) is 0.629. The predicted octanol–water partition coefficient (Wildman–Crippen LogP) is 3.06. The average Bonchev–Trinajstić information content (AvgIpc) is 2.91.